The van der Waals surface area contributed by atoms with Crippen LogP contribution >= 0.6 is 15.9 Å². The number of hydrogen-bond donors (Lipinski definition) is 0. The van der Waals surface area contributed by atoms with Gasteiger partial charge in [-0.05, 0) is 34.0 Å². The number of nitrogens with zero attached hydrogens (tertiary/aromatic N) is 3. The summed E-state index contributed by atoms with van der Waals surface area (Å²) in [4.78, 5) is 32.1. The first-order valence-electron chi connectivity index (χ1n) is 7.16. The monoisotopic (exact) mass is 353 g/mol. The maximum absolute atomic E-state index is 12.4. The van der Waals surface area contributed by atoms with E-state index < -0.39 is 0 Å². The Morgan fingerprint density at radius 2 is 1.86 bits per heavy atom. The minimum absolute atomic E-state index is 0.00550. The van der Waals surface area contributed by atoms with Crippen molar-refractivity contribution in [3.8, 4) is 0 Å². The van der Waals surface area contributed by atoms with Gasteiger partial charge in [0.05, 0.1) is 0 Å². The van der Waals surface area contributed by atoms with Gasteiger partial charge in [-0.3, -0.25) is 9.59 Å². The molecule has 2 heterocycles. The van der Waals surface area contributed by atoms with Crippen molar-refractivity contribution in [2.24, 2.45) is 5.92 Å². The molecule has 21 heavy (non-hydrogen) atoms. The van der Waals surface area contributed by atoms with Crippen LogP contribution in [0.15, 0.2) is 22.9 Å². The number of pyridine rings is 1. The van der Waals surface area contributed by atoms with E-state index in [2.05, 4.69) is 20.9 Å². The number of rotatable bonds is 3. The quantitative estimate of drug-likeness (QED) is 0.782. The first-order chi connectivity index (χ1) is 9.97. The Bertz CT molecular complexity index is 525. The van der Waals surface area contributed by atoms with Crippen molar-refractivity contribution < 1.29 is 9.59 Å². The molecule has 1 fully saturated rings. The smallest absolute Gasteiger partial charge is 0.254 e. The third-order valence-electron chi connectivity index (χ3n) is 3.48. The van der Waals surface area contributed by atoms with Gasteiger partial charge < -0.3 is 9.80 Å². The average Bonchev–Trinajstić information content (AvgIpc) is 2.46. The molecule has 0 aliphatic carbocycles. The molecule has 2 amide bonds. The zero-order chi connectivity index (χ0) is 15.4. The third-order valence-corrected chi connectivity index (χ3v) is 3.91. The number of aromatic nitrogens is 1. The zero-order valence-electron chi connectivity index (χ0n) is 12.4. The highest BCUT2D eigenvalue weighted by Gasteiger charge is 2.25. The zero-order valence-corrected chi connectivity index (χ0v) is 14.0. The molecule has 1 aromatic rings. The van der Waals surface area contributed by atoms with Gasteiger partial charge in [0.15, 0.2) is 0 Å². The summed E-state index contributed by atoms with van der Waals surface area (Å²) in [5, 5.41) is 0. The van der Waals surface area contributed by atoms with Gasteiger partial charge in [-0.1, -0.05) is 13.8 Å². The van der Waals surface area contributed by atoms with Crippen LogP contribution in [0, 0.1) is 5.92 Å². The highest BCUT2D eigenvalue weighted by atomic mass is 79.9. The van der Waals surface area contributed by atoms with Crippen LogP contribution in [0.3, 0.4) is 0 Å². The summed E-state index contributed by atoms with van der Waals surface area (Å²) in [6.45, 7) is 6.48. The van der Waals surface area contributed by atoms with Gasteiger partial charge >= 0.3 is 0 Å². The first kappa shape index (κ1) is 15.9. The van der Waals surface area contributed by atoms with E-state index in [1.807, 2.05) is 18.7 Å². The molecule has 0 saturated carbocycles. The minimum atomic E-state index is -0.00550. The van der Waals surface area contributed by atoms with Crippen molar-refractivity contribution in [2.75, 3.05) is 26.2 Å². The molecule has 114 valence electrons. The molecule has 0 radical (unpaired) electrons. The minimum Gasteiger partial charge on any atom is -0.339 e. The number of piperazine rings is 1. The molecule has 0 atom stereocenters. The molecular weight excluding hydrogens is 334 g/mol. The Morgan fingerprint density at radius 3 is 2.43 bits per heavy atom. The largest absolute Gasteiger partial charge is 0.339 e. The van der Waals surface area contributed by atoms with Crippen LogP contribution < -0.4 is 0 Å². The molecule has 2 rings (SSSR count). The predicted octanol–water partition coefficient (Wildman–Crippen LogP) is 2.17. The molecule has 1 aliphatic heterocycles. The van der Waals surface area contributed by atoms with Gasteiger partial charge in [0.2, 0.25) is 5.91 Å². The molecule has 0 spiro atoms. The molecular formula is C15H20BrN3O2. The fourth-order valence-corrected chi connectivity index (χ4v) is 2.72. The molecule has 1 aromatic heterocycles. The van der Waals surface area contributed by atoms with Crippen LogP contribution in [-0.4, -0.2) is 52.8 Å². The number of carbonyl (C=O) groups is 2. The SMILES string of the molecule is CC(C)CC(=O)N1CCN(C(=O)c2ccnc(Br)c2)CC1. The van der Waals surface area contributed by atoms with E-state index in [4.69, 9.17) is 0 Å². The second kappa shape index (κ2) is 7.02. The topological polar surface area (TPSA) is 53.5 Å². The van der Waals surface area contributed by atoms with E-state index in [0.717, 1.165) is 0 Å². The lowest BCUT2D eigenvalue weighted by Crippen LogP contribution is -2.50. The summed E-state index contributed by atoms with van der Waals surface area (Å²) in [6, 6.07) is 3.43. The van der Waals surface area contributed by atoms with E-state index in [9.17, 15) is 9.59 Å². The first-order valence-corrected chi connectivity index (χ1v) is 7.95. The van der Waals surface area contributed by atoms with Crippen molar-refractivity contribution in [1.29, 1.82) is 0 Å². The van der Waals surface area contributed by atoms with Crippen molar-refractivity contribution in [2.45, 2.75) is 20.3 Å². The fourth-order valence-electron chi connectivity index (χ4n) is 2.36. The van der Waals surface area contributed by atoms with Crippen LogP contribution in [0.1, 0.15) is 30.6 Å². The van der Waals surface area contributed by atoms with Crippen molar-refractivity contribution >= 4 is 27.7 Å². The number of amides is 2. The Hall–Kier alpha value is -1.43. The maximum atomic E-state index is 12.4. The molecule has 5 nitrogen and oxygen atoms in total. The molecule has 1 aliphatic rings. The molecule has 0 aromatic carbocycles. The number of halogens is 1. The fraction of sp³-hybridized carbons (Fsp3) is 0.533. The predicted molar refractivity (Wildman–Crippen MR) is 83.9 cm³/mol. The van der Waals surface area contributed by atoms with Gasteiger partial charge in [0.1, 0.15) is 4.60 Å². The van der Waals surface area contributed by atoms with Crippen molar-refractivity contribution in [3.63, 3.8) is 0 Å². The van der Waals surface area contributed by atoms with Crippen LogP contribution in [-0.2, 0) is 4.79 Å². The summed E-state index contributed by atoms with van der Waals surface area (Å²) in [6.07, 6.45) is 2.19. The van der Waals surface area contributed by atoms with E-state index in [0.29, 0.717) is 48.7 Å². The van der Waals surface area contributed by atoms with Crippen LogP contribution in [0.25, 0.3) is 0 Å². The standard InChI is InChI=1S/C15H20BrN3O2/c1-11(2)9-14(20)18-5-7-19(8-6-18)15(21)12-3-4-17-13(16)10-12/h3-4,10-11H,5-9H2,1-2H3. The summed E-state index contributed by atoms with van der Waals surface area (Å²) in [7, 11) is 0. The lowest BCUT2D eigenvalue weighted by molar-refractivity contribution is -0.133. The molecule has 0 unspecified atom stereocenters. The van der Waals surface area contributed by atoms with E-state index >= 15 is 0 Å². The van der Waals surface area contributed by atoms with Gasteiger partial charge in [0, 0.05) is 44.4 Å². The second-order valence-corrected chi connectivity index (χ2v) is 6.45. The van der Waals surface area contributed by atoms with Crippen molar-refractivity contribution in [1.82, 2.24) is 14.8 Å². The molecule has 1 saturated heterocycles. The Morgan fingerprint density at radius 1 is 1.24 bits per heavy atom. The van der Waals surface area contributed by atoms with Crippen LogP contribution in [0.5, 0.6) is 0 Å². The molecule has 6 heteroatoms. The Labute approximate surface area is 133 Å². The summed E-state index contributed by atoms with van der Waals surface area (Å²) in [5.74, 6) is 0.546. The molecule has 0 N–H and O–H groups in total. The normalized spacial score (nSPS) is 15.4. The third kappa shape index (κ3) is 4.27. The Balaban J connectivity index is 1.92. The van der Waals surface area contributed by atoms with E-state index in [1.54, 1.807) is 23.2 Å². The summed E-state index contributed by atoms with van der Waals surface area (Å²) < 4.78 is 0.652. The number of hydrogen-bond acceptors (Lipinski definition) is 3. The average molecular weight is 354 g/mol. The van der Waals surface area contributed by atoms with Gasteiger partial charge in [-0.25, -0.2) is 4.98 Å². The van der Waals surface area contributed by atoms with Crippen LogP contribution in [0.4, 0.5) is 0 Å². The summed E-state index contributed by atoms with van der Waals surface area (Å²) in [5.41, 5.74) is 0.624. The Kier molecular flexibility index (Phi) is 5.33. The maximum Gasteiger partial charge on any atom is 0.254 e. The second-order valence-electron chi connectivity index (χ2n) is 5.64. The van der Waals surface area contributed by atoms with E-state index in [1.165, 1.54) is 0 Å². The van der Waals surface area contributed by atoms with Gasteiger partial charge in [-0.2, -0.15) is 0 Å². The highest BCUT2D eigenvalue weighted by molar-refractivity contribution is 9.10. The number of carbonyl (C=O) groups excluding carboxylic acids is 2. The molecule has 0 bridgehead atoms. The lowest BCUT2D eigenvalue weighted by atomic mass is 10.1. The lowest BCUT2D eigenvalue weighted by Gasteiger charge is -2.35. The van der Waals surface area contributed by atoms with Crippen LogP contribution in [0.2, 0.25) is 0 Å². The van der Waals surface area contributed by atoms with Gasteiger partial charge in [0.25, 0.3) is 5.91 Å². The van der Waals surface area contributed by atoms with E-state index in [-0.39, 0.29) is 11.8 Å². The van der Waals surface area contributed by atoms with Crippen molar-refractivity contribution in [3.05, 3.63) is 28.5 Å². The summed E-state index contributed by atoms with van der Waals surface area (Å²) >= 11 is 3.27. The highest BCUT2D eigenvalue weighted by Crippen LogP contribution is 2.13. The van der Waals surface area contributed by atoms with Gasteiger partial charge in [-0.15, -0.1) is 0 Å².